The van der Waals surface area contributed by atoms with Crippen molar-refractivity contribution in [2.45, 2.75) is 31.1 Å². The molecule has 0 radical (unpaired) electrons. The van der Waals surface area contributed by atoms with Crippen molar-refractivity contribution in [3.05, 3.63) is 34.9 Å². The van der Waals surface area contributed by atoms with Gasteiger partial charge in [-0.1, -0.05) is 23.7 Å². The monoisotopic (exact) mass is 317 g/mol. The van der Waals surface area contributed by atoms with Gasteiger partial charge in [0.15, 0.2) is 0 Å². The largest absolute Gasteiger partial charge is 0.383 e. The van der Waals surface area contributed by atoms with E-state index < -0.39 is 15.3 Å². The summed E-state index contributed by atoms with van der Waals surface area (Å²) in [7, 11) is -1.89. The van der Waals surface area contributed by atoms with E-state index in [1.54, 1.807) is 19.1 Å². The number of halogens is 1. The summed E-state index contributed by atoms with van der Waals surface area (Å²) < 4.78 is 32.3. The van der Waals surface area contributed by atoms with Crippen LogP contribution in [0.5, 0.6) is 0 Å². The summed E-state index contributed by atoms with van der Waals surface area (Å²) in [4.78, 5) is 0. The van der Waals surface area contributed by atoms with E-state index in [1.165, 1.54) is 7.11 Å². The third kappa shape index (κ3) is 3.95. The van der Waals surface area contributed by atoms with Crippen molar-refractivity contribution in [1.82, 2.24) is 4.72 Å². The van der Waals surface area contributed by atoms with E-state index >= 15 is 0 Å². The summed E-state index contributed by atoms with van der Waals surface area (Å²) in [5, 5.41) is 0.0833. The molecule has 1 aliphatic rings. The number of hydrogen-bond acceptors (Lipinski definition) is 3. The molecule has 1 fully saturated rings. The zero-order valence-corrected chi connectivity index (χ0v) is 13.2. The highest BCUT2D eigenvalue weighted by Gasteiger charge is 2.36. The van der Waals surface area contributed by atoms with Gasteiger partial charge in [0.05, 0.1) is 11.9 Å². The molecule has 20 heavy (non-hydrogen) atoms. The number of hydrogen-bond donors (Lipinski definition) is 1. The van der Waals surface area contributed by atoms with E-state index in [-0.39, 0.29) is 12.6 Å². The smallest absolute Gasteiger partial charge is 0.217 e. The average molecular weight is 318 g/mol. The van der Waals surface area contributed by atoms with Crippen LogP contribution < -0.4 is 4.72 Å². The molecule has 0 aliphatic heterocycles. The topological polar surface area (TPSA) is 55.4 Å². The van der Waals surface area contributed by atoms with Crippen molar-refractivity contribution in [1.29, 1.82) is 0 Å². The first kappa shape index (κ1) is 15.8. The van der Waals surface area contributed by atoms with Crippen LogP contribution in [0.2, 0.25) is 5.02 Å². The molecular weight excluding hydrogens is 298 g/mol. The van der Waals surface area contributed by atoms with Crippen LogP contribution in [0.4, 0.5) is 0 Å². The standard InChI is InChI=1S/C14H20ClNO3S/c1-10(9-19-2)20(17,18)16-14(11-3-4-11)12-5-7-13(15)8-6-12/h5-8,10-11,14,16H,3-4,9H2,1-2H3/t10-,14+/m0/s1. The first-order chi connectivity index (χ1) is 9.44. The first-order valence-electron chi connectivity index (χ1n) is 6.69. The van der Waals surface area contributed by atoms with Gasteiger partial charge in [0, 0.05) is 18.2 Å². The zero-order valence-electron chi connectivity index (χ0n) is 11.7. The molecule has 1 aromatic carbocycles. The fourth-order valence-corrected chi connectivity index (χ4v) is 3.51. The first-order valence-corrected chi connectivity index (χ1v) is 8.62. The Labute approximate surface area is 125 Å². The molecule has 2 rings (SSSR count). The molecule has 0 bridgehead atoms. The van der Waals surface area contributed by atoms with Gasteiger partial charge in [0.2, 0.25) is 10.0 Å². The summed E-state index contributed by atoms with van der Waals surface area (Å²) in [6.07, 6.45) is 2.10. The third-order valence-corrected chi connectivity index (χ3v) is 5.57. The van der Waals surface area contributed by atoms with E-state index in [0.717, 1.165) is 18.4 Å². The Morgan fingerprint density at radius 3 is 2.45 bits per heavy atom. The molecule has 6 heteroatoms. The average Bonchev–Trinajstić information content (AvgIpc) is 3.22. The van der Waals surface area contributed by atoms with E-state index in [4.69, 9.17) is 16.3 Å². The number of nitrogens with one attached hydrogen (secondary N) is 1. The molecular formula is C14H20ClNO3S. The van der Waals surface area contributed by atoms with Crippen LogP contribution >= 0.6 is 11.6 Å². The van der Waals surface area contributed by atoms with Crippen LogP contribution in [-0.2, 0) is 14.8 Å². The summed E-state index contributed by atoms with van der Waals surface area (Å²) in [6, 6.07) is 7.18. The highest BCUT2D eigenvalue weighted by atomic mass is 35.5. The van der Waals surface area contributed by atoms with Gasteiger partial charge in [0.25, 0.3) is 0 Å². The second-order valence-electron chi connectivity index (χ2n) is 5.30. The normalized spacial score (nSPS) is 18.8. The van der Waals surface area contributed by atoms with Gasteiger partial charge < -0.3 is 4.74 Å². The van der Waals surface area contributed by atoms with Crippen LogP contribution in [0.15, 0.2) is 24.3 Å². The molecule has 0 spiro atoms. The molecule has 1 aliphatic carbocycles. The van der Waals surface area contributed by atoms with Crippen molar-refractivity contribution in [3.8, 4) is 0 Å². The minimum atomic E-state index is -3.39. The molecule has 1 saturated carbocycles. The second kappa shape index (κ2) is 6.43. The zero-order chi connectivity index (χ0) is 14.8. The fraction of sp³-hybridized carbons (Fsp3) is 0.571. The van der Waals surface area contributed by atoms with Gasteiger partial charge in [-0.25, -0.2) is 13.1 Å². The van der Waals surface area contributed by atoms with Gasteiger partial charge in [-0.15, -0.1) is 0 Å². The Morgan fingerprint density at radius 2 is 1.95 bits per heavy atom. The Kier molecular flexibility index (Phi) is 5.07. The lowest BCUT2D eigenvalue weighted by molar-refractivity contribution is 0.200. The highest BCUT2D eigenvalue weighted by Crippen LogP contribution is 2.41. The summed E-state index contributed by atoms with van der Waals surface area (Å²) in [5.74, 6) is 0.376. The van der Waals surface area contributed by atoms with Crippen LogP contribution in [-0.4, -0.2) is 27.4 Å². The summed E-state index contributed by atoms with van der Waals surface area (Å²) in [5.41, 5.74) is 0.963. The maximum Gasteiger partial charge on any atom is 0.217 e. The lowest BCUT2D eigenvalue weighted by atomic mass is 10.0. The van der Waals surface area contributed by atoms with E-state index in [9.17, 15) is 8.42 Å². The SMILES string of the molecule is COC[C@H](C)S(=O)(=O)N[C@@H](c1ccc(Cl)cc1)C1CC1. The van der Waals surface area contributed by atoms with Crippen molar-refractivity contribution >= 4 is 21.6 Å². The number of ether oxygens (including phenoxy) is 1. The van der Waals surface area contributed by atoms with Gasteiger partial charge in [-0.05, 0) is 43.4 Å². The molecule has 0 aromatic heterocycles. The van der Waals surface area contributed by atoms with Crippen molar-refractivity contribution < 1.29 is 13.2 Å². The van der Waals surface area contributed by atoms with Crippen LogP contribution in [0.3, 0.4) is 0 Å². The van der Waals surface area contributed by atoms with E-state index in [2.05, 4.69) is 4.72 Å². The minimum absolute atomic E-state index is 0.170. The van der Waals surface area contributed by atoms with E-state index in [0.29, 0.717) is 10.9 Å². The predicted octanol–water partition coefficient (Wildman–Crippen LogP) is 2.75. The quantitative estimate of drug-likeness (QED) is 0.841. The molecule has 1 aromatic rings. The molecule has 0 unspecified atom stereocenters. The molecule has 112 valence electrons. The summed E-state index contributed by atoms with van der Waals surface area (Å²) >= 11 is 5.88. The molecule has 0 heterocycles. The second-order valence-corrected chi connectivity index (χ2v) is 7.86. The minimum Gasteiger partial charge on any atom is -0.383 e. The Morgan fingerprint density at radius 1 is 1.35 bits per heavy atom. The van der Waals surface area contributed by atoms with Gasteiger partial charge in [0.1, 0.15) is 0 Å². The van der Waals surface area contributed by atoms with Gasteiger partial charge in [-0.2, -0.15) is 0 Å². The Hall–Kier alpha value is -0.620. The lowest BCUT2D eigenvalue weighted by Crippen LogP contribution is -2.38. The molecule has 0 amide bonds. The fourth-order valence-electron chi connectivity index (χ4n) is 2.15. The van der Waals surface area contributed by atoms with Crippen molar-refractivity contribution in [3.63, 3.8) is 0 Å². The molecule has 0 saturated heterocycles. The van der Waals surface area contributed by atoms with E-state index in [1.807, 2.05) is 12.1 Å². The summed E-state index contributed by atoms with van der Waals surface area (Å²) in [6.45, 7) is 1.84. The maximum absolute atomic E-state index is 12.3. The van der Waals surface area contributed by atoms with Crippen LogP contribution in [0.1, 0.15) is 31.4 Å². The number of methoxy groups -OCH3 is 1. The Bertz CT molecular complexity index is 540. The highest BCUT2D eigenvalue weighted by molar-refractivity contribution is 7.90. The predicted molar refractivity (Wildman–Crippen MR) is 80.3 cm³/mol. The van der Waals surface area contributed by atoms with Crippen molar-refractivity contribution in [2.24, 2.45) is 5.92 Å². The number of sulfonamides is 1. The maximum atomic E-state index is 12.3. The van der Waals surface area contributed by atoms with Gasteiger partial charge >= 0.3 is 0 Å². The molecule has 4 nitrogen and oxygen atoms in total. The lowest BCUT2D eigenvalue weighted by Gasteiger charge is -2.21. The van der Waals surface area contributed by atoms with Crippen LogP contribution in [0, 0.1) is 5.92 Å². The third-order valence-electron chi connectivity index (χ3n) is 3.54. The molecule has 2 atom stereocenters. The van der Waals surface area contributed by atoms with Crippen LogP contribution in [0.25, 0.3) is 0 Å². The molecule has 1 N–H and O–H groups in total. The number of rotatable bonds is 7. The van der Waals surface area contributed by atoms with Gasteiger partial charge in [-0.3, -0.25) is 0 Å². The van der Waals surface area contributed by atoms with Crippen molar-refractivity contribution in [2.75, 3.05) is 13.7 Å². The number of benzene rings is 1. The Balaban J connectivity index is 2.16.